The molecule has 0 spiro atoms. The monoisotopic (exact) mass is 245 g/mol. The Morgan fingerprint density at radius 3 is 2.50 bits per heavy atom. The van der Waals surface area contributed by atoms with E-state index >= 15 is 0 Å². The normalized spacial score (nSPS) is 9.06. The van der Waals surface area contributed by atoms with Crippen molar-refractivity contribution in [1.82, 2.24) is 5.32 Å². The molecule has 90 valence electrons. The Labute approximate surface area is 101 Å². The van der Waals surface area contributed by atoms with Gasteiger partial charge in [0.1, 0.15) is 5.82 Å². The third-order valence-corrected chi connectivity index (χ3v) is 1.93. The molecule has 4 heteroatoms. The first kappa shape index (κ1) is 14.9. The molecule has 0 bridgehead atoms. The van der Waals surface area contributed by atoms with Gasteiger partial charge in [-0.25, -0.2) is 4.39 Å². The number of hydrogen-bond donors (Lipinski definition) is 1. The highest BCUT2D eigenvalue weighted by atomic mass is 35.5. The molecule has 2 nitrogen and oxygen atoms in total. The molecule has 0 radical (unpaired) electrons. The van der Waals surface area contributed by atoms with Crippen LogP contribution in [0.1, 0.15) is 26.3 Å². The standard InChI is InChI=1S/C10H11ClFNO.C2H6/c1-7(14)13-3-2-8-4-9(11)6-10(12)5-8;1-2/h4-6H,2-3H2,1H3,(H,13,14);1-2H3. The smallest absolute Gasteiger partial charge is 0.216 e. The van der Waals surface area contributed by atoms with Crippen molar-refractivity contribution < 1.29 is 9.18 Å². The van der Waals surface area contributed by atoms with Crippen molar-refractivity contribution in [3.63, 3.8) is 0 Å². The molecule has 0 aromatic heterocycles. The van der Waals surface area contributed by atoms with Gasteiger partial charge in [-0.3, -0.25) is 4.79 Å². The van der Waals surface area contributed by atoms with E-state index < -0.39 is 0 Å². The second-order valence-electron chi connectivity index (χ2n) is 3.01. The zero-order valence-corrected chi connectivity index (χ0v) is 10.6. The summed E-state index contributed by atoms with van der Waals surface area (Å²) in [4.78, 5) is 10.6. The van der Waals surface area contributed by atoms with Gasteiger partial charge in [-0.15, -0.1) is 0 Å². The van der Waals surface area contributed by atoms with Crippen LogP contribution in [-0.4, -0.2) is 12.5 Å². The zero-order chi connectivity index (χ0) is 12.6. The van der Waals surface area contributed by atoms with Crippen molar-refractivity contribution in [2.45, 2.75) is 27.2 Å². The first-order valence-electron chi connectivity index (χ1n) is 5.27. The van der Waals surface area contributed by atoms with E-state index in [-0.39, 0.29) is 11.7 Å². The van der Waals surface area contributed by atoms with Crippen LogP contribution < -0.4 is 5.32 Å². The summed E-state index contributed by atoms with van der Waals surface area (Å²) in [7, 11) is 0. The number of rotatable bonds is 3. The quantitative estimate of drug-likeness (QED) is 0.871. The van der Waals surface area contributed by atoms with E-state index in [2.05, 4.69) is 5.32 Å². The molecule has 0 aliphatic heterocycles. The number of amides is 1. The zero-order valence-electron chi connectivity index (χ0n) is 9.81. The Morgan fingerprint density at radius 1 is 1.38 bits per heavy atom. The first-order valence-corrected chi connectivity index (χ1v) is 5.65. The van der Waals surface area contributed by atoms with E-state index in [0.29, 0.717) is 18.0 Å². The number of nitrogens with one attached hydrogen (secondary N) is 1. The van der Waals surface area contributed by atoms with Crippen LogP contribution in [0.2, 0.25) is 5.02 Å². The molecule has 0 saturated carbocycles. The number of halogens is 2. The lowest BCUT2D eigenvalue weighted by Crippen LogP contribution is -2.22. The topological polar surface area (TPSA) is 29.1 Å². The second kappa shape index (κ2) is 8.11. The molecule has 0 saturated heterocycles. The molecule has 0 heterocycles. The summed E-state index contributed by atoms with van der Waals surface area (Å²) in [6.45, 7) is 5.94. The predicted octanol–water partition coefficient (Wildman–Crippen LogP) is 3.18. The summed E-state index contributed by atoms with van der Waals surface area (Å²) in [5, 5.41) is 3.01. The van der Waals surface area contributed by atoms with Crippen LogP contribution in [-0.2, 0) is 11.2 Å². The van der Waals surface area contributed by atoms with E-state index in [0.717, 1.165) is 5.56 Å². The van der Waals surface area contributed by atoms with E-state index in [4.69, 9.17) is 11.6 Å². The Hall–Kier alpha value is -1.09. The fraction of sp³-hybridized carbons (Fsp3) is 0.417. The SMILES string of the molecule is CC.CC(=O)NCCc1cc(F)cc(Cl)c1. The first-order chi connectivity index (χ1) is 7.58. The van der Waals surface area contributed by atoms with Crippen molar-refractivity contribution in [3.8, 4) is 0 Å². The Kier molecular flexibility index (Phi) is 7.56. The molecule has 1 amide bonds. The van der Waals surface area contributed by atoms with E-state index in [1.54, 1.807) is 6.07 Å². The summed E-state index contributed by atoms with van der Waals surface area (Å²) >= 11 is 5.66. The molecule has 0 aliphatic rings. The van der Waals surface area contributed by atoms with Crippen molar-refractivity contribution in [3.05, 3.63) is 34.6 Å². The predicted molar refractivity (Wildman–Crippen MR) is 65.1 cm³/mol. The van der Waals surface area contributed by atoms with Crippen molar-refractivity contribution in [2.75, 3.05) is 6.54 Å². The molecule has 16 heavy (non-hydrogen) atoms. The van der Waals surface area contributed by atoms with Crippen LogP contribution in [0, 0.1) is 5.82 Å². The van der Waals surface area contributed by atoms with Gasteiger partial charge in [-0.05, 0) is 30.2 Å². The lowest BCUT2D eigenvalue weighted by molar-refractivity contribution is -0.118. The maximum atomic E-state index is 12.8. The van der Waals surface area contributed by atoms with Crippen LogP contribution in [0.3, 0.4) is 0 Å². The summed E-state index contributed by atoms with van der Waals surface area (Å²) in [6, 6.07) is 4.35. The molecule has 0 atom stereocenters. The van der Waals surface area contributed by atoms with Gasteiger partial charge in [-0.2, -0.15) is 0 Å². The van der Waals surface area contributed by atoms with E-state index in [1.165, 1.54) is 19.1 Å². The average molecular weight is 246 g/mol. The third-order valence-electron chi connectivity index (χ3n) is 1.71. The van der Waals surface area contributed by atoms with Crippen molar-refractivity contribution in [1.29, 1.82) is 0 Å². The number of hydrogen-bond acceptors (Lipinski definition) is 1. The highest BCUT2D eigenvalue weighted by Crippen LogP contribution is 2.14. The minimum absolute atomic E-state index is 0.0903. The molecule has 0 unspecified atom stereocenters. The molecule has 1 aromatic rings. The number of benzene rings is 1. The summed E-state index contributed by atoms with van der Waals surface area (Å²) in [5.74, 6) is -0.442. The van der Waals surface area contributed by atoms with Crippen LogP contribution in [0.5, 0.6) is 0 Å². The second-order valence-corrected chi connectivity index (χ2v) is 3.45. The van der Waals surface area contributed by atoms with Gasteiger partial charge in [-0.1, -0.05) is 25.4 Å². The summed E-state index contributed by atoms with van der Waals surface area (Å²) in [6.07, 6.45) is 0.580. The van der Waals surface area contributed by atoms with Crippen LogP contribution in [0.4, 0.5) is 4.39 Å². The fourth-order valence-electron chi connectivity index (χ4n) is 1.14. The largest absolute Gasteiger partial charge is 0.356 e. The van der Waals surface area contributed by atoms with Gasteiger partial charge in [0.2, 0.25) is 5.91 Å². The molecular weight excluding hydrogens is 229 g/mol. The molecular formula is C12H17ClFNO. The summed E-state index contributed by atoms with van der Waals surface area (Å²) < 4.78 is 12.8. The van der Waals surface area contributed by atoms with E-state index in [1.807, 2.05) is 13.8 Å². The molecule has 1 rings (SSSR count). The highest BCUT2D eigenvalue weighted by Gasteiger charge is 1.99. The van der Waals surface area contributed by atoms with Gasteiger partial charge in [0.05, 0.1) is 0 Å². The van der Waals surface area contributed by atoms with Crippen LogP contribution >= 0.6 is 11.6 Å². The lowest BCUT2D eigenvalue weighted by Gasteiger charge is -2.03. The molecule has 0 aliphatic carbocycles. The van der Waals surface area contributed by atoms with Crippen molar-refractivity contribution >= 4 is 17.5 Å². The fourth-order valence-corrected chi connectivity index (χ4v) is 1.38. The van der Waals surface area contributed by atoms with Gasteiger partial charge in [0, 0.05) is 18.5 Å². The summed E-state index contributed by atoms with van der Waals surface area (Å²) in [5.41, 5.74) is 0.781. The third kappa shape index (κ3) is 6.40. The average Bonchev–Trinajstić information content (AvgIpc) is 2.18. The maximum Gasteiger partial charge on any atom is 0.216 e. The maximum absolute atomic E-state index is 12.8. The molecule has 1 N–H and O–H groups in total. The Morgan fingerprint density at radius 2 is 2.00 bits per heavy atom. The van der Waals surface area contributed by atoms with Crippen molar-refractivity contribution in [2.24, 2.45) is 0 Å². The lowest BCUT2D eigenvalue weighted by atomic mass is 10.1. The highest BCUT2D eigenvalue weighted by molar-refractivity contribution is 6.30. The number of carbonyl (C=O) groups is 1. The van der Waals surface area contributed by atoms with Gasteiger partial charge < -0.3 is 5.32 Å². The molecule has 1 aromatic carbocycles. The Bertz CT molecular complexity index is 322. The minimum atomic E-state index is -0.352. The van der Waals surface area contributed by atoms with Gasteiger partial charge in [0.25, 0.3) is 0 Å². The number of carbonyl (C=O) groups excluding carboxylic acids is 1. The van der Waals surface area contributed by atoms with Gasteiger partial charge in [0.15, 0.2) is 0 Å². The minimum Gasteiger partial charge on any atom is -0.356 e. The van der Waals surface area contributed by atoms with Gasteiger partial charge >= 0.3 is 0 Å². The van der Waals surface area contributed by atoms with E-state index in [9.17, 15) is 9.18 Å². The molecule has 0 fully saturated rings. The van der Waals surface area contributed by atoms with Crippen LogP contribution in [0.15, 0.2) is 18.2 Å². The van der Waals surface area contributed by atoms with Crippen LogP contribution in [0.25, 0.3) is 0 Å². The Balaban J connectivity index is 0.00000106.